The Balaban J connectivity index is 2.20. The zero-order valence-electron chi connectivity index (χ0n) is 11.2. The predicted molar refractivity (Wildman–Crippen MR) is 77.2 cm³/mol. The molecule has 2 rings (SSSR count). The van der Waals surface area contributed by atoms with Crippen molar-refractivity contribution in [1.29, 1.82) is 0 Å². The van der Waals surface area contributed by atoms with E-state index in [1.54, 1.807) is 19.1 Å². The first-order valence-corrected chi connectivity index (χ1v) is 6.86. The number of ether oxygens (including phenoxy) is 1. The molecular weight excluding hydrogens is 301 g/mol. The summed E-state index contributed by atoms with van der Waals surface area (Å²) in [4.78, 5) is 0. The van der Waals surface area contributed by atoms with Gasteiger partial charge >= 0.3 is 0 Å². The van der Waals surface area contributed by atoms with Crippen LogP contribution in [0.4, 0.5) is 0 Å². The standard InChI is InChI=1S/C13H15Cl2N3O2/c1-7(16)3-9-4-10(14)5-11(15)13(9)19-6-12-18-17-8(2)20-12/h4-5,7H,3,6,16H2,1-2H3. The first-order chi connectivity index (χ1) is 9.45. The average Bonchev–Trinajstić information content (AvgIpc) is 2.73. The highest BCUT2D eigenvalue weighted by Gasteiger charge is 2.14. The molecule has 1 aromatic carbocycles. The van der Waals surface area contributed by atoms with Crippen molar-refractivity contribution in [3.63, 3.8) is 0 Å². The van der Waals surface area contributed by atoms with Crippen LogP contribution in [0.5, 0.6) is 5.75 Å². The van der Waals surface area contributed by atoms with Crippen LogP contribution in [0.15, 0.2) is 16.5 Å². The Morgan fingerprint density at radius 3 is 2.70 bits per heavy atom. The summed E-state index contributed by atoms with van der Waals surface area (Å²) in [6.07, 6.45) is 0.610. The van der Waals surface area contributed by atoms with Gasteiger partial charge < -0.3 is 14.9 Å². The highest BCUT2D eigenvalue weighted by Crippen LogP contribution is 2.33. The minimum atomic E-state index is -0.0301. The van der Waals surface area contributed by atoms with E-state index in [0.717, 1.165) is 5.56 Å². The van der Waals surface area contributed by atoms with Gasteiger partial charge in [-0.1, -0.05) is 23.2 Å². The van der Waals surface area contributed by atoms with Crippen molar-refractivity contribution in [2.45, 2.75) is 32.9 Å². The van der Waals surface area contributed by atoms with Crippen molar-refractivity contribution in [3.8, 4) is 5.75 Å². The van der Waals surface area contributed by atoms with Gasteiger partial charge in [0.15, 0.2) is 6.61 Å². The second-order valence-electron chi connectivity index (χ2n) is 4.56. The highest BCUT2D eigenvalue weighted by atomic mass is 35.5. The third kappa shape index (κ3) is 3.85. The fourth-order valence-electron chi connectivity index (χ4n) is 1.80. The van der Waals surface area contributed by atoms with Gasteiger partial charge in [-0.05, 0) is 31.0 Å². The first-order valence-electron chi connectivity index (χ1n) is 6.11. The van der Waals surface area contributed by atoms with Crippen LogP contribution in [0, 0.1) is 6.92 Å². The molecule has 0 aliphatic rings. The molecule has 0 aliphatic carbocycles. The van der Waals surface area contributed by atoms with Crippen molar-refractivity contribution in [3.05, 3.63) is 39.5 Å². The maximum Gasteiger partial charge on any atom is 0.253 e. The molecular formula is C13H15Cl2N3O2. The number of aryl methyl sites for hydroxylation is 1. The van der Waals surface area contributed by atoms with E-state index in [1.165, 1.54) is 0 Å². The van der Waals surface area contributed by atoms with Gasteiger partial charge in [0.05, 0.1) is 5.02 Å². The van der Waals surface area contributed by atoms with Gasteiger partial charge in [-0.25, -0.2) is 0 Å². The summed E-state index contributed by atoms with van der Waals surface area (Å²) in [6, 6.07) is 3.39. The molecule has 2 aromatic rings. The number of halogens is 2. The molecule has 7 heteroatoms. The number of aromatic nitrogens is 2. The second kappa shape index (κ2) is 6.43. The summed E-state index contributed by atoms with van der Waals surface area (Å²) in [7, 11) is 0. The van der Waals surface area contributed by atoms with Crippen LogP contribution in [-0.4, -0.2) is 16.2 Å². The maximum absolute atomic E-state index is 6.17. The monoisotopic (exact) mass is 315 g/mol. The van der Waals surface area contributed by atoms with Gasteiger partial charge in [-0.3, -0.25) is 0 Å². The molecule has 1 heterocycles. The number of hydrogen-bond acceptors (Lipinski definition) is 5. The van der Waals surface area contributed by atoms with Gasteiger partial charge in [-0.2, -0.15) is 0 Å². The summed E-state index contributed by atoms with van der Waals surface area (Å²) < 4.78 is 10.9. The van der Waals surface area contributed by atoms with Gasteiger partial charge in [0.2, 0.25) is 5.89 Å². The van der Waals surface area contributed by atoms with Crippen LogP contribution in [0.3, 0.4) is 0 Å². The van der Waals surface area contributed by atoms with Crippen LogP contribution >= 0.6 is 23.2 Å². The van der Waals surface area contributed by atoms with Crippen LogP contribution in [0.1, 0.15) is 24.3 Å². The highest BCUT2D eigenvalue weighted by molar-refractivity contribution is 6.35. The molecule has 5 nitrogen and oxygen atoms in total. The first kappa shape index (κ1) is 15.1. The molecule has 1 aromatic heterocycles. The zero-order valence-corrected chi connectivity index (χ0v) is 12.7. The molecule has 108 valence electrons. The Morgan fingerprint density at radius 2 is 2.10 bits per heavy atom. The topological polar surface area (TPSA) is 74.2 Å². The largest absolute Gasteiger partial charge is 0.482 e. The van der Waals surface area contributed by atoms with E-state index in [4.69, 9.17) is 38.1 Å². The molecule has 0 bridgehead atoms. The summed E-state index contributed by atoms with van der Waals surface area (Å²) in [5.74, 6) is 1.42. The predicted octanol–water partition coefficient (Wildman–Crippen LogP) is 3.15. The quantitative estimate of drug-likeness (QED) is 0.917. The minimum Gasteiger partial charge on any atom is -0.482 e. The Morgan fingerprint density at radius 1 is 1.35 bits per heavy atom. The van der Waals surface area contributed by atoms with Crippen LogP contribution < -0.4 is 10.5 Å². The number of nitrogens with zero attached hydrogens (tertiary/aromatic N) is 2. The lowest BCUT2D eigenvalue weighted by Gasteiger charge is -2.14. The van der Waals surface area contributed by atoms with E-state index in [-0.39, 0.29) is 12.6 Å². The van der Waals surface area contributed by atoms with Crippen molar-refractivity contribution in [1.82, 2.24) is 10.2 Å². The Labute approximate surface area is 127 Å². The van der Waals surface area contributed by atoms with Gasteiger partial charge in [0.25, 0.3) is 5.89 Å². The van der Waals surface area contributed by atoms with Crippen molar-refractivity contribution in [2.75, 3.05) is 0 Å². The maximum atomic E-state index is 6.17. The number of benzene rings is 1. The molecule has 0 radical (unpaired) electrons. The molecule has 0 spiro atoms. The van der Waals surface area contributed by atoms with Crippen molar-refractivity contribution in [2.24, 2.45) is 5.73 Å². The average molecular weight is 316 g/mol. The van der Waals surface area contributed by atoms with E-state index < -0.39 is 0 Å². The number of rotatable bonds is 5. The third-order valence-electron chi connectivity index (χ3n) is 2.54. The summed E-state index contributed by atoms with van der Waals surface area (Å²) >= 11 is 12.2. The lowest BCUT2D eigenvalue weighted by molar-refractivity contribution is 0.258. The normalized spacial score (nSPS) is 12.4. The Bertz CT molecular complexity index is 599. The Kier molecular flexibility index (Phi) is 4.86. The van der Waals surface area contributed by atoms with Gasteiger partial charge in [0.1, 0.15) is 5.75 Å². The van der Waals surface area contributed by atoms with E-state index in [0.29, 0.717) is 34.0 Å². The van der Waals surface area contributed by atoms with Gasteiger partial charge in [-0.15, -0.1) is 10.2 Å². The molecule has 0 saturated carbocycles. The smallest absolute Gasteiger partial charge is 0.253 e. The molecule has 0 fully saturated rings. The van der Waals surface area contributed by atoms with Crippen LogP contribution in [0.2, 0.25) is 10.0 Å². The lowest BCUT2D eigenvalue weighted by atomic mass is 10.1. The van der Waals surface area contributed by atoms with Crippen molar-refractivity contribution >= 4 is 23.2 Å². The van der Waals surface area contributed by atoms with E-state index >= 15 is 0 Å². The molecule has 20 heavy (non-hydrogen) atoms. The molecule has 1 atom stereocenters. The summed E-state index contributed by atoms with van der Waals surface area (Å²) in [5.41, 5.74) is 6.68. The van der Waals surface area contributed by atoms with E-state index in [1.807, 2.05) is 6.92 Å². The molecule has 2 N–H and O–H groups in total. The molecule has 1 unspecified atom stereocenters. The molecule has 0 saturated heterocycles. The summed E-state index contributed by atoms with van der Waals surface area (Å²) in [5, 5.41) is 8.58. The van der Waals surface area contributed by atoms with Crippen LogP contribution in [-0.2, 0) is 13.0 Å². The lowest BCUT2D eigenvalue weighted by Crippen LogP contribution is -2.18. The SMILES string of the molecule is Cc1nnc(COc2c(Cl)cc(Cl)cc2CC(C)N)o1. The van der Waals surface area contributed by atoms with Gasteiger partial charge in [0, 0.05) is 18.0 Å². The summed E-state index contributed by atoms with van der Waals surface area (Å²) in [6.45, 7) is 3.77. The molecule has 0 amide bonds. The van der Waals surface area contributed by atoms with Crippen molar-refractivity contribution < 1.29 is 9.15 Å². The Hall–Kier alpha value is -1.30. The molecule has 0 aliphatic heterocycles. The van der Waals surface area contributed by atoms with Crippen LogP contribution in [0.25, 0.3) is 0 Å². The second-order valence-corrected chi connectivity index (χ2v) is 5.40. The number of hydrogen-bond donors (Lipinski definition) is 1. The van der Waals surface area contributed by atoms with E-state index in [2.05, 4.69) is 10.2 Å². The minimum absolute atomic E-state index is 0.0301. The zero-order chi connectivity index (χ0) is 14.7. The fourth-order valence-corrected chi connectivity index (χ4v) is 2.39. The fraction of sp³-hybridized carbons (Fsp3) is 0.385. The number of nitrogens with two attached hydrogens (primary N) is 1. The van der Waals surface area contributed by atoms with E-state index in [9.17, 15) is 0 Å². The third-order valence-corrected chi connectivity index (χ3v) is 3.03.